The van der Waals surface area contributed by atoms with Crippen molar-refractivity contribution in [2.24, 2.45) is 0 Å². The molecule has 1 saturated carbocycles. The maximum Gasteiger partial charge on any atom is 0.115 e. The van der Waals surface area contributed by atoms with Crippen LogP contribution in [0.15, 0.2) is 24.3 Å². The highest BCUT2D eigenvalue weighted by molar-refractivity contribution is 7.98. The topological polar surface area (TPSA) is 52.5 Å². The van der Waals surface area contributed by atoms with E-state index in [0.717, 1.165) is 18.6 Å². The van der Waals surface area contributed by atoms with E-state index in [2.05, 4.69) is 5.32 Å². The highest BCUT2D eigenvalue weighted by atomic mass is 32.2. The van der Waals surface area contributed by atoms with Gasteiger partial charge in [-0.05, 0) is 62.5 Å². The summed E-state index contributed by atoms with van der Waals surface area (Å²) in [6.45, 7) is 2.57. The lowest BCUT2D eigenvalue weighted by Gasteiger charge is -2.32. The molecule has 0 radical (unpaired) electrons. The minimum absolute atomic E-state index is 0.338. The first-order valence-corrected chi connectivity index (χ1v) is 9.13. The zero-order valence-electron chi connectivity index (χ0n) is 13.0. The summed E-state index contributed by atoms with van der Waals surface area (Å²) in [4.78, 5) is 0. The Bertz CT molecular complexity index is 425. The molecule has 118 valence electrons. The van der Waals surface area contributed by atoms with Gasteiger partial charge in [0.1, 0.15) is 5.75 Å². The normalized spacial score (nSPS) is 25.5. The molecule has 0 heterocycles. The summed E-state index contributed by atoms with van der Waals surface area (Å²) < 4.78 is 0. The van der Waals surface area contributed by atoms with Crippen molar-refractivity contribution in [3.63, 3.8) is 0 Å². The molecule has 1 aromatic rings. The summed E-state index contributed by atoms with van der Waals surface area (Å²) in [5.74, 6) is 1.71. The van der Waals surface area contributed by atoms with E-state index in [4.69, 9.17) is 0 Å². The molecule has 4 heteroatoms. The van der Waals surface area contributed by atoms with Crippen LogP contribution in [0.4, 0.5) is 0 Å². The van der Waals surface area contributed by atoms with Gasteiger partial charge in [-0.3, -0.25) is 0 Å². The van der Waals surface area contributed by atoms with E-state index < -0.39 is 5.60 Å². The largest absolute Gasteiger partial charge is 0.508 e. The third-order valence-electron chi connectivity index (χ3n) is 4.32. The number of nitrogens with one attached hydrogen (secondary N) is 1. The van der Waals surface area contributed by atoms with Crippen LogP contribution in [-0.4, -0.2) is 40.4 Å². The second kappa shape index (κ2) is 7.52. The number of benzene rings is 1. The van der Waals surface area contributed by atoms with Gasteiger partial charge in [0, 0.05) is 18.3 Å². The fourth-order valence-corrected chi connectivity index (χ4v) is 3.83. The summed E-state index contributed by atoms with van der Waals surface area (Å²) in [7, 11) is 0. The van der Waals surface area contributed by atoms with Crippen molar-refractivity contribution >= 4 is 11.8 Å². The van der Waals surface area contributed by atoms with Crippen molar-refractivity contribution in [1.82, 2.24) is 5.32 Å². The van der Waals surface area contributed by atoms with Gasteiger partial charge in [0.2, 0.25) is 0 Å². The van der Waals surface area contributed by atoms with Crippen LogP contribution >= 0.6 is 11.8 Å². The molecule has 0 spiro atoms. The fraction of sp³-hybridized carbons (Fsp3) is 0.647. The van der Waals surface area contributed by atoms with Gasteiger partial charge in [0.15, 0.2) is 0 Å². The summed E-state index contributed by atoms with van der Waals surface area (Å²) in [6.07, 6.45) is 6.68. The summed E-state index contributed by atoms with van der Waals surface area (Å²) >= 11 is 1.68. The summed E-state index contributed by atoms with van der Waals surface area (Å²) in [6, 6.07) is 8.15. The molecule has 21 heavy (non-hydrogen) atoms. The number of thioether (sulfide) groups is 1. The number of hydrogen-bond donors (Lipinski definition) is 3. The van der Waals surface area contributed by atoms with E-state index in [1.54, 1.807) is 23.9 Å². The van der Waals surface area contributed by atoms with E-state index in [9.17, 15) is 10.2 Å². The number of rotatable bonds is 6. The minimum atomic E-state index is -0.618. The molecular formula is C17H27NO2S. The highest BCUT2D eigenvalue weighted by Crippen LogP contribution is 2.33. The molecule has 3 N–H and O–H groups in total. The first kappa shape index (κ1) is 16.7. The Morgan fingerprint density at radius 2 is 1.81 bits per heavy atom. The Balaban J connectivity index is 1.77. The average Bonchev–Trinajstić information content (AvgIpc) is 2.47. The van der Waals surface area contributed by atoms with Crippen LogP contribution in [0.2, 0.25) is 0 Å². The smallest absolute Gasteiger partial charge is 0.115 e. The van der Waals surface area contributed by atoms with E-state index >= 15 is 0 Å². The second-order valence-electron chi connectivity index (χ2n) is 6.45. The molecule has 1 aliphatic carbocycles. The number of phenolic OH excluding ortho intramolecular Hbond substituents is 1. The number of aromatic hydroxyl groups is 1. The maximum atomic E-state index is 10.2. The molecule has 1 aliphatic rings. The van der Waals surface area contributed by atoms with E-state index in [-0.39, 0.29) is 0 Å². The maximum absolute atomic E-state index is 10.2. The lowest BCUT2D eigenvalue weighted by atomic mass is 9.81. The molecule has 0 bridgehead atoms. The first-order valence-electron chi connectivity index (χ1n) is 7.74. The highest BCUT2D eigenvalue weighted by Gasteiger charge is 2.25. The molecule has 1 aromatic carbocycles. The SMILES string of the molecule is CSCC(C)(O)CNC1CCC(c2ccc(O)cc2)CC1. The molecular weight excluding hydrogens is 282 g/mol. The van der Waals surface area contributed by atoms with E-state index in [1.165, 1.54) is 18.4 Å². The van der Waals surface area contributed by atoms with Crippen molar-refractivity contribution in [1.29, 1.82) is 0 Å². The number of hydrogen-bond acceptors (Lipinski definition) is 4. The van der Waals surface area contributed by atoms with E-state index in [1.807, 2.05) is 25.3 Å². The molecule has 2 rings (SSSR count). The fourth-order valence-electron chi connectivity index (χ4n) is 3.10. The molecule has 0 saturated heterocycles. The van der Waals surface area contributed by atoms with Crippen molar-refractivity contribution in [3.05, 3.63) is 29.8 Å². The number of aliphatic hydroxyl groups is 1. The molecule has 1 atom stereocenters. The quantitative estimate of drug-likeness (QED) is 0.756. The lowest BCUT2D eigenvalue weighted by molar-refractivity contribution is 0.0791. The van der Waals surface area contributed by atoms with Crippen LogP contribution in [0.5, 0.6) is 5.75 Å². The zero-order chi connectivity index (χ0) is 15.3. The Hall–Kier alpha value is -0.710. The van der Waals surface area contributed by atoms with Gasteiger partial charge < -0.3 is 15.5 Å². The van der Waals surface area contributed by atoms with Crippen molar-refractivity contribution < 1.29 is 10.2 Å². The van der Waals surface area contributed by atoms with Crippen molar-refractivity contribution in [3.8, 4) is 5.75 Å². The lowest BCUT2D eigenvalue weighted by Crippen LogP contribution is -2.45. The molecule has 1 unspecified atom stereocenters. The van der Waals surface area contributed by atoms with Crippen LogP contribution in [0, 0.1) is 0 Å². The Labute approximate surface area is 132 Å². The Kier molecular flexibility index (Phi) is 5.97. The predicted octanol–water partition coefficient (Wildman–Crippen LogP) is 3.12. The Morgan fingerprint density at radius 1 is 1.19 bits per heavy atom. The van der Waals surface area contributed by atoms with Crippen LogP contribution in [0.1, 0.15) is 44.1 Å². The van der Waals surface area contributed by atoms with E-state index in [0.29, 0.717) is 24.3 Å². The van der Waals surface area contributed by atoms with Gasteiger partial charge in [0.25, 0.3) is 0 Å². The van der Waals surface area contributed by atoms with Crippen LogP contribution in [0.3, 0.4) is 0 Å². The summed E-state index contributed by atoms with van der Waals surface area (Å²) in [5, 5.41) is 23.1. The zero-order valence-corrected chi connectivity index (χ0v) is 13.8. The van der Waals surface area contributed by atoms with Crippen molar-refractivity contribution in [2.75, 3.05) is 18.6 Å². The van der Waals surface area contributed by atoms with Crippen molar-refractivity contribution in [2.45, 2.75) is 50.2 Å². The predicted molar refractivity (Wildman–Crippen MR) is 90.1 cm³/mol. The molecule has 3 nitrogen and oxygen atoms in total. The molecule has 0 amide bonds. The van der Waals surface area contributed by atoms with Gasteiger partial charge >= 0.3 is 0 Å². The monoisotopic (exact) mass is 309 g/mol. The third-order valence-corrected chi connectivity index (χ3v) is 5.23. The molecule has 0 aliphatic heterocycles. The minimum Gasteiger partial charge on any atom is -0.508 e. The third kappa shape index (κ3) is 5.20. The van der Waals surface area contributed by atoms with Gasteiger partial charge in [-0.1, -0.05) is 12.1 Å². The Morgan fingerprint density at radius 3 is 2.38 bits per heavy atom. The van der Waals surface area contributed by atoms with Gasteiger partial charge in [-0.2, -0.15) is 11.8 Å². The first-order chi connectivity index (χ1) is 10.00. The molecule has 1 fully saturated rings. The second-order valence-corrected chi connectivity index (χ2v) is 7.32. The standard InChI is InChI=1S/C17H27NO2S/c1-17(20,12-21-2)11-18-15-7-3-13(4-8-15)14-5-9-16(19)10-6-14/h5-6,9-10,13,15,18-20H,3-4,7-8,11-12H2,1-2H3. The average molecular weight is 309 g/mol. The van der Waals surface area contributed by atoms with Crippen LogP contribution in [0.25, 0.3) is 0 Å². The van der Waals surface area contributed by atoms with Crippen LogP contribution in [-0.2, 0) is 0 Å². The van der Waals surface area contributed by atoms with Gasteiger partial charge in [-0.15, -0.1) is 0 Å². The van der Waals surface area contributed by atoms with Crippen LogP contribution < -0.4 is 5.32 Å². The van der Waals surface area contributed by atoms with Gasteiger partial charge in [-0.25, -0.2) is 0 Å². The number of phenols is 1. The van der Waals surface area contributed by atoms with Gasteiger partial charge in [0.05, 0.1) is 5.60 Å². The molecule has 0 aromatic heterocycles. The summed E-state index contributed by atoms with van der Waals surface area (Å²) in [5.41, 5.74) is 0.716.